The number of aromatic nitrogens is 4. The van der Waals surface area contributed by atoms with Gasteiger partial charge in [0.2, 0.25) is 15.9 Å². The summed E-state index contributed by atoms with van der Waals surface area (Å²) in [6.45, 7) is 5.21. The van der Waals surface area contributed by atoms with Gasteiger partial charge < -0.3 is 10.3 Å². The van der Waals surface area contributed by atoms with Gasteiger partial charge in [-0.3, -0.25) is 19.1 Å². The van der Waals surface area contributed by atoms with E-state index in [0.717, 1.165) is 0 Å². The fraction of sp³-hybridized carbons (Fsp3) is 0.368. The lowest BCUT2D eigenvalue weighted by Gasteiger charge is -2.20. The third kappa shape index (κ3) is 5.27. The first kappa shape index (κ1) is 22.4. The maximum absolute atomic E-state index is 12.5. The van der Waals surface area contributed by atoms with Crippen LogP contribution >= 0.6 is 0 Å². The molecule has 3 aromatic rings. The Kier molecular flexibility index (Phi) is 5.87. The van der Waals surface area contributed by atoms with E-state index in [0.29, 0.717) is 11.5 Å². The van der Waals surface area contributed by atoms with Crippen LogP contribution in [0.15, 0.2) is 38.8 Å². The van der Waals surface area contributed by atoms with Crippen LogP contribution in [0, 0.1) is 0 Å². The zero-order valence-corrected chi connectivity index (χ0v) is 18.4. The fourth-order valence-corrected chi connectivity index (χ4v) is 4.39. The number of amides is 1. The van der Waals surface area contributed by atoms with Crippen LogP contribution in [0.2, 0.25) is 0 Å². The third-order valence-electron chi connectivity index (χ3n) is 4.26. The second-order valence-corrected chi connectivity index (χ2v) is 9.81. The lowest BCUT2D eigenvalue weighted by atomic mass is 10.1. The first-order valence-electron chi connectivity index (χ1n) is 9.47. The van der Waals surface area contributed by atoms with E-state index in [2.05, 4.69) is 25.0 Å². The van der Waals surface area contributed by atoms with Gasteiger partial charge in [0.1, 0.15) is 11.3 Å². The first-order chi connectivity index (χ1) is 14.4. The summed E-state index contributed by atoms with van der Waals surface area (Å²) in [5, 5.41) is 2.66. The van der Waals surface area contributed by atoms with Crippen LogP contribution in [0.4, 0.5) is 5.69 Å². The molecular weight excluding hydrogens is 424 g/mol. The van der Waals surface area contributed by atoms with E-state index in [1.165, 1.54) is 23.7 Å². The van der Waals surface area contributed by atoms with Crippen molar-refractivity contribution in [2.24, 2.45) is 7.05 Å². The Bertz CT molecular complexity index is 1360. The molecule has 0 saturated heterocycles. The minimum Gasteiger partial charge on any atom is -0.336 e. The molecule has 0 aliphatic rings. The number of hydrogen-bond donors (Lipinski definition) is 4. The smallest absolute Gasteiger partial charge is 0.329 e. The van der Waals surface area contributed by atoms with Crippen molar-refractivity contribution >= 4 is 32.8 Å². The summed E-state index contributed by atoms with van der Waals surface area (Å²) in [6.07, 6.45) is 0.223. The molecule has 0 saturated carbocycles. The van der Waals surface area contributed by atoms with Crippen molar-refractivity contribution in [3.05, 3.63) is 50.9 Å². The summed E-state index contributed by atoms with van der Waals surface area (Å²) < 4.78 is 28.7. The van der Waals surface area contributed by atoms with Crippen molar-refractivity contribution in [2.75, 3.05) is 5.32 Å². The molecule has 2 heterocycles. The second kappa shape index (κ2) is 8.12. The van der Waals surface area contributed by atoms with E-state index < -0.39 is 26.8 Å². The number of aryl methyl sites for hydroxylation is 2. The van der Waals surface area contributed by atoms with Gasteiger partial charge in [0, 0.05) is 31.1 Å². The normalized spacial score (nSPS) is 12.3. The molecule has 1 aromatic carbocycles. The third-order valence-corrected chi connectivity index (χ3v) is 6.02. The second-order valence-electron chi connectivity index (χ2n) is 8.13. The molecule has 0 fully saturated rings. The average Bonchev–Trinajstić information content (AvgIpc) is 3.08. The number of carbonyl (C=O) groups excluding carboxylic acids is 1. The summed E-state index contributed by atoms with van der Waals surface area (Å²) in [6, 6.07) is 5.95. The van der Waals surface area contributed by atoms with Crippen molar-refractivity contribution < 1.29 is 13.2 Å². The highest BCUT2D eigenvalue weighted by Gasteiger charge is 2.22. The minimum atomic E-state index is -3.73. The molecule has 0 radical (unpaired) electrons. The summed E-state index contributed by atoms with van der Waals surface area (Å²) in [5.41, 5.74) is -1.11. The van der Waals surface area contributed by atoms with Gasteiger partial charge in [-0.2, -0.15) is 0 Å². The number of H-pyrrole nitrogens is 2. The minimum absolute atomic E-state index is 0.0306. The van der Waals surface area contributed by atoms with Gasteiger partial charge in [-0.1, -0.05) is 6.07 Å². The van der Waals surface area contributed by atoms with Crippen LogP contribution in [-0.4, -0.2) is 39.4 Å². The molecule has 2 aromatic heterocycles. The van der Waals surface area contributed by atoms with E-state index >= 15 is 0 Å². The van der Waals surface area contributed by atoms with Crippen LogP contribution in [0.5, 0.6) is 0 Å². The number of nitrogens with zero attached hydrogens (tertiary/aromatic N) is 2. The summed E-state index contributed by atoms with van der Waals surface area (Å²) in [7, 11) is -2.26. The van der Waals surface area contributed by atoms with E-state index in [-0.39, 0.29) is 34.8 Å². The van der Waals surface area contributed by atoms with Crippen LogP contribution in [0.3, 0.4) is 0 Å². The molecule has 0 unspecified atom stereocenters. The molecule has 0 aliphatic carbocycles. The van der Waals surface area contributed by atoms with Crippen LogP contribution < -0.4 is 21.3 Å². The summed E-state index contributed by atoms with van der Waals surface area (Å²) >= 11 is 0. The van der Waals surface area contributed by atoms with E-state index in [9.17, 15) is 22.8 Å². The Morgan fingerprint density at radius 3 is 2.58 bits per heavy atom. The number of fused-ring (bicyclic) bond motifs is 1. The monoisotopic (exact) mass is 448 g/mol. The molecular formula is C19H24N6O5S. The van der Waals surface area contributed by atoms with E-state index in [1.54, 1.807) is 32.9 Å². The zero-order chi connectivity index (χ0) is 23.0. The number of sulfonamides is 1. The zero-order valence-electron chi connectivity index (χ0n) is 17.6. The largest absolute Gasteiger partial charge is 0.336 e. The van der Waals surface area contributed by atoms with Gasteiger partial charge in [-0.15, -0.1) is 0 Å². The number of nitrogens with one attached hydrogen (secondary N) is 4. The maximum Gasteiger partial charge on any atom is 0.329 e. The molecule has 1 amide bonds. The quantitative estimate of drug-likeness (QED) is 0.432. The topological polar surface area (TPSA) is 159 Å². The van der Waals surface area contributed by atoms with Crippen LogP contribution in [0.1, 0.15) is 33.0 Å². The highest BCUT2D eigenvalue weighted by molar-refractivity contribution is 7.89. The van der Waals surface area contributed by atoms with Gasteiger partial charge in [0.05, 0.1) is 4.90 Å². The Hall–Kier alpha value is -3.25. The molecule has 11 nitrogen and oxygen atoms in total. The number of imidazole rings is 1. The number of aromatic amines is 2. The Labute approximate surface area is 178 Å². The Morgan fingerprint density at radius 2 is 1.90 bits per heavy atom. The maximum atomic E-state index is 12.5. The predicted octanol–water partition coefficient (Wildman–Crippen LogP) is 0.598. The Morgan fingerprint density at radius 1 is 1.19 bits per heavy atom. The van der Waals surface area contributed by atoms with Crippen molar-refractivity contribution in [1.82, 2.24) is 24.2 Å². The van der Waals surface area contributed by atoms with E-state index in [1.807, 2.05) is 0 Å². The van der Waals surface area contributed by atoms with E-state index in [4.69, 9.17) is 0 Å². The standard InChI is InChI=1S/C19H24N6O5S/c1-19(2,3)24-31(29,30)12-7-5-6-11(10-12)20-14(26)9-8-13-21-15-16(22-13)25(4)18(28)23-17(15)27/h5-7,10,24H,8-9H2,1-4H3,(H,20,26)(H,21,22)(H,23,27,28). The lowest BCUT2D eigenvalue weighted by Crippen LogP contribution is -2.40. The van der Waals surface area contributed by atoms with Crippen molar-refractivity contribution in [3.8, 4) is 0 Å². The van der Waals surface area contributed by atoms with Crippen LogP contribution in [0.25, 0.3) is 11.2 Å². The van der Waals surface area contributed by atoms with Crippen molar-refractivity contribution in [1.29, 1.82) is 0 Å². The molecule has 0 aliphatic heterocycles. The molecule has 166 valence electrons. The van der Waals surface area contributed by atoms with Gasteiger partial charge in [-0.25, -0.2) is 22.9 Å². The van der Waals surface area contributed by atoms with Gasteiger partial charge in [-0.05, 0) is 39.0 Å². The van der Waals surface area contributed by atoms with Gasteiger partial charge in [0.15, 0.2) is 5.65 Å². The molecule has 0 atom stereocenters. The highest BCUT2D eigenvalue weighted by Crippen LogP contribution is 2.18. The number of rotatable bonds is 6. The molecule has 4 N–H and O–H groups in total. The molecule has 0 spiro atoms. The number of anilines is 1. The number of carbonyl (C=O) groups is 1. The molecule has 0 bridgehead atoms. The number of benzene rings is 1. The van der Waals surface area contributed by atoms with Crippen molar-refractivity contribution in [3.63, 3.8) is 0 Å². The fourth-order valence-electron chi connectivity index (χ4n) is 2.93. The Balaban J connectivity index is 1.70. The molecule has 31 heavy (non-hydrogen) atoms. The summed E-state index contributed by atoms with van der Waals surface area (Å²) in [5.74, 6) is 0.0177. The average molecular weight is 449 g/mol. The van der Waals surface area contributed by atoms with Gasteiger partial charge in [0.25, 0.3) is 5.56 Å². The van der Waals surface area contributed by atoms with Gasteiger partial charge >= 0.3 is 5.69 Å². The summed E-state index contributed by atoms with van der Waals surface area (Å²) in [4.78, 5) is 45.1. The highest BCUT2D eigenvalue weighted by atomic mass is 32.2. The van der Waals surface area contributed by atoms with Crippen molar-refractivity contribution in [2.45, 2.75) is 44.0 Å². The van der Waals surface area contributed by atoms with Crippen LogP contribution in [-0.2, 0) is 28.3 Å². The molecule has 3 rings (SSSR count). The lowest BCUT2D eigenvalue weighted by molar-refractivity contribution is -0.116. The number of hydrogen-bond acceptors (Lipinski definition) is 6. The predicted molar refractivity (Wildman–Crippen MR) is 115 cm³/mol. The first-order valence-corrected chi connectivity index (χ1v) is 11.0. The SMILES string of the molecule is Cn1c(=O)[nH]c(=O)c2[nH]c(CCC(=O)Nc3cccc(S(=O)(=O)NC(C)(C)C)c3)nc21. The molecule has 12 heteroatoms.